The number of nitrogens with two attached hydrogens (primary N) is 1. The number of nitrogens with zero attached hydrogens (tertiary/aromatic N) is 1. The van der Waals surface area contributed by atoms with Gasteiger partial charge in [0.25, 0.3) is 0 Å². The highest BCUT2D eigenvalue weighted by molar-refractivity contribution is 8.02. The average molecular weight is 400 g/mol. The fraction of sp³-hybridized carbons (Fsp3) is 0.500. The molecule has 0 radical (unpaired) electrons. The molecule has 0 spiro atoms. The Morgan fingerprint density at radius 1 is 1.21 bits per heavy atom. The zero-order valence-electron chi connectivity index (χ0n) is 17.7. The summed E-state index contributed by atoms with van der Waals surface area (Å²) in [5.74, 6) is 0.868. The van der Waals surface area contributed by atoms with Crippen molar-refractivity contribution in [2.45, 2.75) is 52.0 Å². The minimum atomic E-state index is 0.589. The van der Waals surface area contributed by atoms with Crippen LogP contribution in [0.5, 0.6) is 0 Å². The molecule has 1 aromatic carbocycles. The molecule has 0 bridgehead atoms. The Hall–Kier alpha value is -1.49. The quantitative estimate of drug-likeness (QED) is 0.385. The molecule has 4 heteroatoms. The molecular weight excluding hydrogens is 362 g/mol. The van der Waals surface area contributed by atoms with E-state index >= 15 is 0 Å². The Morgan fingerprint density at radius 2 is 1.86 bits per heavy atom. The number of thioether (sulfide) groups is 1. The Bertz CT molecular complexity index is 655. The van der Waals surface area contributed by atoms with Crippen molar-refractivity contribution in [3.8, 4) is 0 Å². The number of rotatable bonds is 11. The van der Waals surface area contributed by atoms with Gasteiger partial charge in [-0.3, -0.25) is 0 Å². The maximum atomic E-state index is 5.68. The maximum Gasteiger partial charge on any atom is 0.0270 e. The summed E-state index contributed by atoms with van der Waals surface area (Å²) in [6.07, 6.45) is 11.5. The predicted molar refractivity (Wildman–Crippen MR) is 125 cm³/mol. The van der Waals surface area contributed by atoms with Crippen molar-refractivity contribution in [3.05, 3.63) is 70.8 Å². The third kappa shape index (κ3) is 7.86. The van der Waals surface area contributed by atoms with Crippen LogP contribution in [-0.2, 0) is 13.0 Å². The standard InChI is InChI=1S/C24H37N3S/c1-19(2)6-5-7-21-12-14-27(15-13-21)26-18-24(28-4)20(3)16-22-8-10-23(17-25)11-9-22/h8-11,18,21,26H,1,3,5-7,12-17,25H2,2,4H3/b24-18-. The van der Waals surface area contributed by atoms with Gasteiger partial charge in [-0.15, -0.1) is 18.3 Å². The fourth-order valence-electron chi connectivity index (χ4n) is 3.63. The molecule has 0 amide bonds. The summed E-state index contributed by atoms with van der Waals surface area (Å²) in [6, 6.07) is 8.50. The molecule has 0 aromatic heterocycles. The van der Waals surface area contributed by atoms with Gasteiger partial charge in [0.2, 0.25) is 0 Å². The predicted octanol–water partition coefficient (Wildman–Crippen LogP) is 5.41. The first-order valence-corrected chi connectivity index (χ1v) is 11.6. The summed E-state index contributed by atoms with van der Waals surface area (Å²) < 4.78 is 0. The lowest BCUT2D eigenvalue weighted by molar-refractivity contribution is 0.142. The molecule has 1 aliphatic heterocycles. The normalized spacial score (nSPS) is 16.2. The highest BCUT2D eigenvalue weighted by Gasteiger charge is 2.18. The highest BCUT2D eigenvalue weighted by Crippen LogP contribution is 2.25. The van der Waals surface area contributed by atoms with Crippen LogP contribution in [0.3, 0.4) is 0 Å². The second kappa shape index (κ2) is 12.2. The van der Waals surface area contributed by atoms with Gasteiger partial charge in [-0.2, -0.15) is 0 Å². The van der Waals surface area contributed by atoms with E-state index in [0.29, 0.717) is 6.54 Å². The van der Waals surface area contributed by atoms with E-state index < -0.39 is 0 Å². The van der Waals surface area contributed by atoms with Gasteiger partial charge >= 0.3 is 0 Å². The van der Waals surface area contributed by atoms with E-state index in [9.17, 15) is 0 Å². The lowest BCUT2D eigenvalue weighted by Gasteiger charge is -2.32. The molecule has 1 fully saturated rings. The molecule has 1 saturated heterocycles. The van der Waals surface area contributed by atoms with Gasteiger partial charge < -0.3 is 11.2 Å². The summed E-state index contributed by atoms with van der Waals surface area (Å²) in [7, 11) is 0. The molecule has 0 atom stereocenters. The van der Waals surface area contributed by atoms with Gasteiger partial charge in [0.05, 0.1) is 0 Å². The third-order valence-corrected chi connectivity index (χ3v) is 6.30. The van der Waals surface area contributed by atoms with Crippen LogP contribution in [0, 0.1) is 5.92 Å². The van der Waals surface area contributed by atoms with Crippen molar-refractivity contribution >= 4 is 11.8 Å². The Balaban J connectivity index is 1.77. The van der Waals surface area contributed by atoms with Crippen LogP contribution in [0.4, 0.5) is 0 Å². The van der Waals surface area contributed by atoms with Gasteiger partial charge in [0, 0.05) is 30.7 Å². The van der Waals surface area contributed by atoms with Crippen molar-refractivity contribution in [1.29, 1.82) is 0 Å². The molecule has 0 unspecified atom stereocenters. The molecule has 3 nitrogen and oxygen atoms in total. The van der Waals surface area contributed by atoms with E-state index in [0.717, 1.165) is 31.0 Å². The number of hydrogen-bond acceptors (Lipinski definition) is 4. The minimum absolute atomic E-state index is 0.589. The van der Waals surface area contributed by atoms with E-state index in [2.05, 4.69) is 67.2 Å². The molecule has 0 saturated carbocycles. The van der Waals surface area contributed by atoms with Crippen LogP contribution in [0.25, 0.3) is 0 Å². The number of piperidine rings is 1. The number of hydrogen-bond donors (Lipinski definition) is 2. The van der Waals surface area contributed by atoms with Crippen LogP contribution >= 0.6 is 11.8 Å². The van der Waals surface area contributed by atoms with Crippen LogP contribution in [0.15, 0.2) is 59.7 Å². The zero-order chi connectivity index (χ0) is 20.4. The lowest BCUT2D eigenvalue weighted by Crippen LogP contribution is -2.41. The van der Waals surface area contributed by atoms with Crippen molar-refractivity contribution in [1.82, 2.24) is 10.4 Å². The van der Waals surface area contributed by atoms with Crippen LogP contribution in [0.2, 0.25) is 0 Å². The number of hydrazine groups is 1. The van der Waals surface area contributed by atoms with Crippen LogP contribution in [-0.4, -0.2) is 24.4 Å². The minimum Gasteiger partial charge on any atom is -0.326 e. The molecular formula is C24H37N3S. The number of allylic oxidation sites excluding steroid dienone is 2. The first-order chi connectivity index (χ1) is 13.5. The second-order valence-electron chi connectivity index (χ2n) is 7.92. The van der Waals surface area contributed by atoms with E-state index in [4.69, 9.17) is 5.73 Å². The highest BCUT2D eigenvalue weighted by atomic mass is 32.2. The zero-order valence-corrected chi connectivity index (χ0v) is 18.5. The van der Waals surface area contributed by atoms with Crippen molar-refractivity contribution in [3.63, 3.8) is 0 Å². The van der Waals surface area contributed by atoms with Crippen molar-refractivity contribution in [2.24, 2.45) is 11.7 Å². The first kappa shape index (κ1) is 22.8. The van der Waals surface area contributed by atoms with Crippen molar-refractivity contribution in [2.75, 3.05) is 19.3 Å². The first-order valence-electron chi connectivity index (χ1n) is 10.4. The number of nitrogens with one attached hydrogen (secondary N) is 1. The monoisotopic (exact) mass is 399 g/mol. The van der Waals surface area contributed by atoms with Gasteiger partial charge in [-0.25, -0.2) is 5.01 Å². The van der Waals surface area contributed by atoms with Gasteiger partial charge in [0.15, 0.2) is 0 Å². The third-order valence-electron chi connectivity index (χ3n) is 5.45. The van der Waals surface area contributed by atoms with E-state index in [1.807, 2.05) is 0 Å². The topological polar surface area (TPSA) is 41.3 Å². The molecule has 1 heterocycles. The maximum absolute atomic E-state index is 5.68. The SMILES string of the molecule is C=C(C)CCCC1CCN(N/C=C(\SC)C(=C)Cc2ccc(CN)cc2)CC1. The smallest absolute Gasteiger partial charge is 0.0270 e. The largest absolute Gasteiger partial charge is 0.326 e. The summed E-state index contributed by atoms with van der Waals surface area (Å²) in [5, 5.41) is 2.34. The van der Waals surface area contributed by atoms with E-state index in [1.54, 1.807) is 11.8 Å². The van der Waals surface area contributed by atoms with Gasteiger partial charge in [-0.1, -0.05) is 42.8 Å². The van der Waals surface area contributed by atoms with E-state index in [1.165, 1.54) is 53.7 Å². The molecule has 3 N–H and O–H groups in total. The lowest BCUT2D eigenvalue weighted by atomic mass is 9.91. The second-order valence-corrected chi connectivity index (χ2v) is 8.77. The Morgan fingerprint density at radius 3 is 2.43 bits per heavy atom. The average Bonchev–Trinajstić information content (AvgIpc) is 2.70. The molecule has 1 aliphatic rings. The van der Waals surface area contributed by atoms with Crippen LogP contribution < -0.4 is 11.2 Å². The summed E-state index contributed by atoms with van der Waals surface area (Å²) in [4.78, 5) is 1.21. The summed E-state index contributed by atoms with van der Waals surface area (Å²) in [5.41, 5.74) is 14.1. The van der Waals surface area contributed by atoms with Gasteiger partial charge in [0.1, 0.15) is 0 Å². The Labute approximate surface area is 176 Å². The summed E-state index contributed by atoms with van der Waals surface area (Å²) in [6.45, 7) is 13.3. The van der Waals surface area contributed by atoms with Gasteiger partial charge in [-0.05, 0) is 67.9 Å². The molecule has 28 heavy (non-hydrogen) atoms. The fourth-order valence-corrected chi connectivity index (χ4v) is 4.16. The molecule has 0 aliphatic carbocycles. The molecule has 154 valence electrons. The number of benzene rings is 1. The Kier molecular flexibility index (Phi) is 9.89. The molecule has 1 aromatic rings. The summed E-state index contributed by atoms with van der Waals surface area (Å²) >= 11 is 1.75. The van der Waals surface area contributed by atoms with E-state index in [-0.39, 0.29) is 0 Å². The molecule has 2 rings (SSSR count). The van der Waals surface area contributed by atoms with Crippen LogP contribution in [0.1, 0.15) is 50.2 Å². The van der Waals surface area contributed by atoms with Crippen molar-refractivity contribution < 1.29 is 0 Å².